The van der Waals surface area contributed by atoms with Crippen LogP contribution in [0.2, 0.25) is 0 Å². The lowest BCUT2D eigenvalue weighted by Crippen LogP contribution is -2.52. The third kappa shape index (κ3) is 4.79. The minimum atomic E-state index is -4.64. The summed E-state index contributed by atoms with van der Waals surface area (Å²) < 4.78 is 42.3. The largest absolute Gasteiger partial charge is 0.409 e. The van der Waals surface area contributed by atoms with Gasteiger partial charge in [-0.1, -0.05) is 0 Å². The van der Waals surface area contributed by atoms with Gasteiger partial charge in [0.2, 0.25) is 11.8 Å². The first-order valence-electron chi connectivity index (χ1n) is 11.2. The van der Waals surface area contributed by atoms with Crippen LogP contribution in [0.1, 0.15) is 71.7 Å². The normalized spacial score (nSPS) is 28.4. The number of hydrogen-bond donors (Lipinski definition) is 3. The molecule has 2 heterocycles. The summed E-state index contributed by atoms with van der Waals surface area (Å²) in [6, 6.07) is 1.16. The molecule has 2 fully saturated rings. The number of halogens is 3. The van der Waals surface area contributed by atoms with E-state index in [-0.39, 0.29) is 56.2 Å². The monoisotopic (exact) mass is 481 g/mol. The number of carbonyl (C=O) groups is 4. The Bertz CT molecular complexity index is 1030. The van der Waals surface area contributed by atoms with Crippen LogP contribution in [-0.2, 0) is 16.1 Å². The van der Waals surface area contributed by atoms with E-state index in [4.69, 9.17) is 0 Å². The Morgan fingerprint density at radius 2 is 1.88 bits per heavy atom. The zero-order valence-corrected chi connectivity index (χ0v) is 18.6. The highest BCUT2D eigenvalue weighted by Gasteiger charge is 2.52. The SMILES string of the molecule is CC1(O)CCC(C(N2Cc3cc(C(=O)NC4CCC(=O)NC4=O)ccc3C2=O)C(F)(F)F)CC1. The standard InChI is InChI=1S/C23H26F3N3O5/c1-22(34)8-6-12(7-9-22)18(23(24,25)26)29-11-14-10-13(2-3-15(14)21(29)33)19(31)27-16-4-5-17(30)28-20(16)32/h2-3,10,12,16,18,34H,4-9,11H2,1H3,(H,27,31)(H,28,30,32). The highest BCUT2D eigenvalue weighted by molar-refractivity contribution is 6.05. The van der Waals surface area contributed by atoms with Crippen LogP contribution in [0.3, 0.4) is 0 Å². The lowest BCUT2D eigenvalue weighted by atomic mass is 9.76. The maximum Gasteiger partial charge on any atom is 0.409 e. The lowest BCUT2D eigenvalue weighted by molar-refractivity contribution is -0.196. The quantitative estimate of drug-likeness (QED) is 0.570. The summed E-state index contributed by atoms with van der Waals surface area (Å²) in [4.78, 5) is 49.5. The Hall–Kier alpha value is -2.95. The van der Waals surface area contributed by atoms with Crippen LogP contribution in [0.4, 0.5) is 13.2 Å². The van der Waals surface area contributed by atoms with Crippen molar-refractivity contribution in [3.63, 3.8) is 0 Å². The first-order chi connectivity index (χ1) is 15.9. The minimum absolute atomic E-state index is 0.0831. The van der Waals surface area contributed by atoms with Gasteiger partial charge in [-0.2, -0.15) is 13.2 Å². The maximum absolute atomic E-state index is 14.1. The van der Waals surface area contributed by atoms with Gasteiger partial charge >= 0.3 is 6.18 Å². The van der Waals surface area contributed by atoms with Crippen molar-refractivity contribution in [3.8, 4) is 0 Å². The molecule has 184 valence electrons. The highest BCUT2D eigenvalue weighted by atomic mass is 19.4. The number of imide groups is 1. The Labute approximate surface area is 193 Å². The van der Waals surface area contributed by atoms with Crippen molar-refractivity contribution in [2.24, 2.45) is 5.92 Å². The van der Waals surface area contributed by atoms with Crippen LogP contribution < -0.4 is 10.6 Å². The smallest absolute Gasteiger partial charge is 0.390 e. The second-order valence-electron chi connectivity index (χ2n) is 9.60. The molecule has 1 aromatic carbocycles. The van der Waals surface area contributed by atoms with Gasteiger partial charge in [-0.25, -0.2) is 0 Å². The second kappa shape index (κ2) is 8.68. The molecule has 0 radical (unpaired) electrons. The number of rotatable bonds is 4. The number of nitrogens with one attached hydrogen (secondary N) is 2. The van der Waals surface area contributed by atoms with Gasteiger partial charge in [0.15, 0.2) is 0 Å². The van der Waals surface area contributed by atoms with Crippen molar-refractivity contribution in [2.45, 2.75) is 75.9 Å². The molecule has 8 nitrogen and oxygen atoms in total. The van der Waals surface area contributed by atoms with Gasteiger partial charge in [0.25, 0.3) is 11.8 Å². The van der Waals surface area contributed by atoms with E-state index in [2.05, 4.69) is 10.6 Å². The van der Waals surface area contributed by atoms with Crippen molar-refractivity contribution in [3.05, 3.63) is 34.9 Å². The third-order valence-corrected chi connectivity index (χ3v) is 6.97. The topological polar surface area (TPSA) is 116 Å². The molecule has 0 spiro atoms. The average molecular weight is 481 g/mol. The Morgan fingerprint density at radius 1 is 1.21 bits per heavy atom. The summed E-state index contributed by atoms with van der Waals surface area (Å²) in [5, 5.41) is 14.8. The van der Waals surface area contributed by atoms with Crippen LogP contribution in [0, 0.1) is 5.92 Å². The molecule has 2 atom stereocenters. The van der Waals surface area contributed by atoms with E-state index < -0.39 is 53.4 Å². The molecule has 3 aliphatic rings. The average Bonchev–Trinajstić information content (AvgIpc) is 3.06. The fourth-order valence-corrected chi connectivity index (χ4v) is 5.06. The first kappa shape index (κ1) is 24.2. The van der Waals surface area contributed by atoms with Gasteiger partial charge in [0.05, 0.1) is 5.60 Å². The number of piperidine rings is 1. The number of nitrogens with zero attached hydrogens (tertiary/aromatic N) is 1. The summed E-state index contributed by atoms with van der Waals surface area (Å²) >= 11 is 0. The summed E-state index contributed by atoms with van der Waals surface area (Å²) in [6.07, 6.45) is -3.66. The molecule has 4 amide bonds. The van der Waals surface area contributed by atoms with E-state index in [0.29, 0.717) is 5.56 Å². The number of carbonyl (C=O) groups excluding carboxylic acids is 4. The van der Waals surface area contributed by atoms with Crippen molar-refractivity contribution in [1.29, 1.82) is 0 Å². The van der Waals surface area contributed by atoms with Crippen LogP contribution in [0.5, 0.6) is 0 Å². The van der Waals surface area contributed by atoms with Gasteiger partial charge in [-0.15, -0.1) is 0 Å². The molecular formula is C23H26F3N3O5. The number of amides is 4. The van der Waals surface area contributed by atoms with Crippen LogP contribution in [0.15, 0.2) is 18.2 Å². The van der Waals surface area contributed by atoms with E-state index in [1.807, 2.05) is 0 Å². The van der Waals surface area contributed by atoms with Crippen molar-refractivity contribution < 1.29 is 37.5 Å². The van der Waals surface area contributed by atoms with E-state index in [1.165, 1.54) is 18.2 Å². The molecule has 11 heteroatoms. The van der Waals surface area contributed by atoms with E-state index in [0.717, 1.165) is 4.90 Å². The summed E-state index contributed by atoms with van der Waals surface area (Å²) in [5.41, 5.74) is -0.488. The Balaban J connectivity index is 1.51. The molecule has 0 aromatic heterocycles. The molecule has 2 unspecified atom stereocenters. The zero-order valence-electron chi connectivity index (χ0n) is 18.6. The second-order valence-corrected chi connectivity index (χ2v) is 9.60. The van der Waals surface area contributed by atoms with Gasteiger partial charge in [0.1, 0.15) is 12.1 Å². The van der Waals surface area contributed by atoms with Gasteiger partial charge in [0, 0.05) is 24.1 Å². The minimum Gasteiger partial charge on any atom is -0.390 e. The summed E-state index contributed by atoms with van der Waals surface area (Å²) in [6.45, 7) is 1.31. The van der Waals surface area contributed by atoms with Crippen molar-refractivity contribution in [2.75, 3.05) is 0 Å². The summed E-state index contributed by atoms with van der Waals surface area (Å²) in [7, 11) is 0. The predicted molar refractivity (Wildman–Crippen MR) is 112 cm³/mol. The van der Waals surface area contributed by atoms with Gasteiger partial charge < -0.3 is 15.3 Å². The summed E-state index contributed by atoms with van der Waals surface area (Å²) in [5.74, 6) is -3.23. The lowest BCUT2D eigenvalue weighted by Gasteiger charge is -2.41. The number of hydrogen-bond acceptors (Lipinski definition) is 5. The van der Waals surface area contributed by atoms with Crippen molar-refractivity contribution in [1.82, 2.24) is 15.5 Å². The van der Waals surface area contributed by atoms with Gasteiger partial charge in [-0.3, -0.25) is 24.5 Å². The van der Waals surface area contributed by atoms with Crippen molar-refractivity contribution >= 4 is 23.6 Å². The molecule has 1 saturated carbocycles. The molecule has 2 aliphatic heterocycles. The molecule has 1 aromatic rings. The Kier molecular flexibility index (Phi) is 6.17. The molecule has 0 bridgehead atoms. The number of aliphatic hydroxyl groups is 1. The fourth-order valence-electron chi connectivity index (χ4n) is 5.06. The molecular weight excluding hydrogens is 455 g/mol. The molecule has 1 saturated heterocycles. The van der Waals surface area contributed by atoms with E-state index in [9.17, 15) is 37.5 Å². The molecule has 1 aliphatic carbocycles. The maximum atomic E-state index is 14.1. The van der Waals surface area contributed by atoms with Crippen LogP contribution >= 0.6 is 0 Å². The number of fused-ring (bicyclic) bond motifs is 1. The van der Waals surface area contributed by atoms with Crippen LogP contribution in [0.25, 0.3) is 0 Å². The molecule has 3 N–H and O–H groups in total. The van der Waals surface area contributed by atoms with E-state index in [1.54, 1.807) is 6.92 Å². The fraction of sp³-hybridized carbons (Fsp3) is 0.565. The predicted octanol–water partition coefficient (Wildman–Crippen LogP) is 2.05. The number of alkyl halides is 3. The molecule has 34 heavy (non-hydrogen) atoms. The zero-order chi connectivity index (χ0) is 24.8. The number of benzene rings is 1. The Morgan fingerprint density at radius 3 is 2.50 bits per heavy atom. The van der Waals surface area contributed by atoms with Crippen LogP contribution in [-0.4, -0.2) is 57.5 Å². The molecule has 4 rings (SSSR count). The third-order valence-electron chi connectivity index (χ3n) is 6.97. The van der Waals surface area contributed by atoms with Gasteiger partial charge in [-0.05, 0) is 68.7 Å². The first-order valence-corrected chi connectivity index (χ1v) is 11.2. The highest BCUT2D eigenvalue weighted by Crippen LogP contribution is 2.43. The van der Waals surface area contributed by atoms with E-state index >= 15 is 0 Å².